The highest BCUT2D eigenvalue weighted by Crippen LogP contribution is 2.28. The fourth-order valence-corrected chi connectivity index (χ4v) is 2.52. The Balaban J connectivity index is 2.11. The molecule has 6 heteroatoms. The van der Waals surface area contributed by atoms with Crippen LogP contribution >= 0.6 is 0 Å². The average molecular weight is 357 g/mol. The molecule has 0 saturated carbocycles. The van der Waals surface area contributed by atoms with Gasteiger partial charge in [0.2, 0.25) is 0 Å². The van der Waals surface area contributed by atoms with Crippen LogP contribution in [-0.2, 0) is 4.79 Å². The van der Waals surface area contributed by atoms with Crippen LogP contribution in [0.4, 0.5) is 0 Å². The number of hydrogen-bond acceptors (Lipinski definition) is 4. The van der Waals surface area contributed by atoms with E-state index in [-0.39, 0.29) is 12.5 Å². The Morgan fingerprint density at radius 3 is 2.27 bits per heavy atom. The topological polar surface area (TPSA) is 84.9 Å². The van der Waals surface area contributed by atoms with Gasteiger partial charge in [0.15, 0.2) is 11.5 Å². The second-order valence-corrected chi connectivity index (χ2v) is 5.54. The van der Waals surface area contributed by atoms with Gasteiger partial charge in [0.1, 0.15) is 0 Å². The zero-order chi connectivity index (χ0) is 18.9. The molecule has 26 heavy (non-hydrogen) atoms. The van der Waals surface area contributed by atoms with Gasteiger partial charge in [0.25, 0.3) is 5.91 Å². The number of nitrogens with one attached hydrogen (secondary N) is 1. The van der Waals surface area contributed by atoms with Crippen molar-refractivity contribution in [2.75, 3.05) is 19.8 Å². The highest BCUT2D eigenvalue weighted by Gasteiger charge is 2.21. The molecule has 0 saturated heterocycles. The Labute approximate surface area is 152 Å². The lowest BCUT2D eigenvalue weighted by Crippen LogP contribution is -2.31. The van der Waals surface area contributed by atoms with E-state index in [2.05, 4.69) is 5.32 Å². The molecule has 2 rings (SSSR count). The lowest BCUT2D eigenvalue weighted by molar-refractivity contribution is -0.138. The summed E-state index contributed by atoms with van der Waals surface area (Å²) in [5, 5.41) is 12.1. The molecule has 2 aromatic carbocycles. The number of hydrogen-bond donors (Lipinski definition) is 2. The highest BCUT2D eigenvalue weighted by molar-refractivity contribution is 5.95. The summed E-state index contributed by atoms with van der Waals surface area (Å²) < 4.78 is 11.0. The van der Waals surface area contributed by atoms with Gasteiger partial charge in [-0.2, -0.15) is 0 Å². The van der Waals surface area contributed by atoms with E-state index < -0.39 is 11.9 Å². The van der Waals surface area contributed by atoms with Gasteiger partial charge in [-0.1, -0.05) is 30.3 Å². The molecule has 0 aliphatic rings. The van der Waals surface area contributed by atoms with Crippen molar-refractivity contribution in [2.24, 2.45) is 0 Å². The molecule has 0 aliphatic carbocycles. The van der Waals surface area contributed by atoms with Gasteiger partial charge in [-0.25, -0.2) is 0 Å². The number of aliphatic carboxylic acids is 1. The Hall–Kier alpha value is -3.02. The van der Waals surface area contributed by atoms with Crippen LogP contribution in [0.1, 0.15) is 35.7 Å². The number of ether oxygens (including phenoxy) is 2. The molecule has 6 nitrogen and oxygen atoms in total. The monoisotopic (exact) mass is 357 g/mol. The standard InChI is InChI=1S/C20H23NO5/c1-3-25-17-11-10-15(12-18(17)26-4-2)19(22)21-13-16(20(23)24)14-8-6-5-7-9-14/h5-12,16H,3-4,13H2,1-2H3,(H,21,22)(H,23,24). The number of carbonyl (C=O) groups is 2. The normalized spacial score (nSPS) is 11.5. The highest BCUT2D eigenvalue weighted by atomic mass is 16.5. The summed E-state index contributed by atoms with van der Waals surface area (Å²) in [4.78, 5) is 23.9. The van der Waals surface area contributed by atoms with E-state index in [0.29, 0.717) is 35.8 Å². The van der Waals surface area contributed by atoms with Gasteiger partial charge in [-0.3, -0.25) is 9.59 Å². The Bertz CT molecular complexity index is 745. The van der Waals surface area contributed by atoms with E-state index >= 15 is 0 Å². The first-order chi connectivity index (χ1) is 12.6. The van der Waals surface area contributed by atoms with Gasteiger partial charge in [-0.05, 0) is 37.6 Å². The summed E-state index contributed by atoms with van der Waals surface area (Å²) in [5.74, 6) is -1.11. The molecule has 2 N–H and O–H groups in total. The summed E-state index contributed by atoms with van der Waals surface area (Å²) in [6.45, 7) is 4.64. The zero-order valence-electron chi connectivity index (χ0n) is 14.9. The van der Waals surface area contributed by atoms with Crippen molar-refractivity contribution in [3.05, 3.63) is 59.7 Å². The Morgan fingerprint density at radius 2 is 1.65 bits per heavy atom. The van der Waals surface area contributed by atoms with Crippen molar-refractivity contribution in [3.63, 3.8) is 0 Å². The fraction of sp³-hybridized carbons (Fsp3) is 0.300. The van der Waals surface area contributed by atoms with Gasteiger partial charge in [-0.15, -0.1) is 0 Å². The molecule has 2 aromatic rings. The minimum atomic E-state index is -0.988. The largest absolute Gasteiger partial charge is 0.490 e. The fourth-order valence-electron chi connectivity index (χ4n) is 2.52. The summed E-state index contributed by atoms with van der Waals surface area (Å²) in [7, 11) is 0. The van der Waals surface area contributed by atoms with E-state index in [9.17, 15) is 14.7 Å². The summed E-state index contributed by atoms with van der Waals surface area (Å²) in [6.07, 6.45) is 0. The lowest BCUT2D eigenvalue weighted by atomic mass is 9.99. The quantitative estimate of drug-likeness (QED) is 0.720. The maximum atomic E-state index is 12.4. The second kappa shape index (κ2) is 9.46. The van der Waals surface area contributed by atoms with Crippen molar-refractivity contribution in [3.8, 4) is 11.5 Å². The number of benzene rings is 2. The van der Waals surface area contributed by atoms with E-state index in [1.807, 2.05) is 19.9 Å². The molecular formula is C20H23NO5. The predicted octanol–water partition coefficient (Wildman–Crippen LogP) is 3.08. The maximum absolute atomic E-state index is 12.4. The summed E-state index contributed by atoms with van der Waals surface area (Å²) >= 11 is 0. The molecule has 0 aliphatic heterocycles. The molecular weight excluding hydrogens is 334 g/mol. The molecule has 0 heterocycles. The van der Waals surface area contributed by atoms with Crippen molar-refractivity contribution in [1.29, 1.82) is 0 Å². The first-order valence-electron chi connectivity index (χ1n) is 8.52. The average Bonchev–Trinajstić information content (AvgIpc) is 2.64. The molecule has 138 valence electrons. The molecule has 1 atom stereocenters. The third-order valence-electron chi connectivity index (χ3n) is 3.77. The second-order valence-electron chi connectivity index (χ2n) is 5.54. The molecule has 0 radical (unpaired) electrons. The number of carboxylic acid groups (broad SMARTS) is 1. The Morgan fingerprint density at radius 1 is 1.00 bits per heavy atom. The molecule has 1 amide bonds. The van der Waals surface area contributed by atoms with Crippen molar-refractivity contribution in [2.45, 2.75) is 19.8 Å². The van der Waals surface area contributed by atoms with Crippen LogP contribution in [0.2, 0.25) is 0 Å². The third-order valence-corrected chi connectivity index (χ3v) is 3.77. The minimum Gasteiger partial charge on any atom is -0.490 e. The van der Waals surface area contributed by atoms with Crippen molar-refractivity contribution in [1.82, 2.24) is 5.32 Å². The van der Waals surface area contributed by atoms with Gasteiger partial charge in [0, 0.05) is 12.1 Å². The van der Waals surface area contributed by atoms with Gasteiger partial charge >= 0.3 is 5.97 Å². The van der Waals surface area contributed by atoms with E-state index in [1.165, 1.54) is 0 Å². The summed E-state index contributed by atoms with van der Waals surface area (Å²) in [5.41, 5.74) is 1.02. The van der Waals surface area contributed by atoms with Gasteiger partial charge < -0.3 is 19.9 Å². The van der Waals surface area contributed by atoms with E-state index in [0.717, 1.165) is 0 Å². The number of carboxylic acids is 1. The zero-order valence-corrected chi connectivity index (χ0v) is 14.9. The number of carbonyl (C=O) groups excluding carboxylic acids is 1. The molecule has 0 bridgehead atoms. The smallest absolute Gasteiger partial charge is 0.312 e. The number of rotatable bonds is 9. The van der Waals surface area contributed by atoms with Crippen LogP contribution in [0, 0.1) is 0 Å². The SMILES string of the molecule is CCOc1ccc(C(=O)NCC(C(=O)O)c2ccccc2)cc1OCC. The van der Waals surface area contributed by atoms with Gasteiger partial charge in [0.05, 0.1) is 19.1 Å². The number of amides is 1. The van der Waals surface area contributed by atoms with Crippen LogP contribution < -0.4 is 14.8 Å². The first-order valence-corrected chi connectivity index (χ1v) is 8.52. The predicted molar refractivity (Wildman–Crippen MR) is 97.9 cm³/mol. The molecule has 0 fully saturated rings. The van der Waals surface area contributed by atoms with Crippen LogP contribution in [0.15, 0.2) is 48.5 Å². The molecule has 0 spiro atoms. The Kier molecular flexibility index (Phi) is 7.02. The van der Waals surface area contributed by atoms with Crippen molar-refractivity contribution >= 4 is 11.9 Å². The van der Waals surface area contributed by atoms with Crippen LogP contribution in [0.5, 0.6) is 11.5 Å². The lowest BCUT2D eigenvalue weighted by Gasteiger charge is -2.15. The minimum absolute atomic E-state index is 0.00460. The molecule has 0 aromatic heterocycles. The third kappa shape index (κ3) is 4.99. The van der Waals surface area contributed by atoms with E-state index in [1.54, 1.807) is 42.5 Å². The van der Waals surface area contributed by atoms with Crippen LogP contribution in [-0.4, -0.2) is 36.7 Å². The molecule has 1 unspecified atom stereocenters. The van der Waals surface area contributed by atoms with E-state index in [4.69, 9.17) is 9.47 Å². The van der Waals surface area contributed by atoms with Crippen LogP contribution in [0.3, 0.4) is 0 Å². The maximum Gasteiger partial charge on any atom is 0.312 e. The van der Waals surface area contributed by atoms with Crippen LogP contribution in [0.25, 0.3) is 0 Å². The summed E-state index contributed by atoms with van der Waals surface area (Å²) in [6, 6.07) is 13.7. The first kappa shape index (κ1) is 19.3. The van der Waals surface area contributed by atoms with Crippen molar-refractivity contribution < 1.29 is 24.2 Å².